The van der Waals surface area contributed by atoms with Crippen LogP contribution in [-0.2, 0) is 9.47 Å². The van der Waals surface area contributed by atoms with E-state index in [2.05, 4.69) is 74.5 Å². The standard InChI is InChI=1S/C26H41O2P/c1-5-7-11-21-25(27-3)29(23-17-13-9-14-18-23,24-19-15-10-16-20-24)26(28-4)22-12-8-6-2/h9-10,13-20,25-26,29H,5-8,11-12,21-22H2,1-4H3. The molecule has 0 aromatic heterocycles. The summed E-state index contributed by atoms with van der Waals surface area (Å²) in [5, 5.41) is 2.86. The molecule has 2 nitrogen and oxygen atoms in total. The van der Waals surface area contributed by atoms with E-state index in [1.54, 1.807) is 0 Å². The molecular weight excluding hydrogens is 375 g/mol. The Balaban J connectivity index is 2.63. The molecule has 2 aromatic rings. The van der Waals surface area contributed by atoms with Gasteiger partial charge >= 0.3 is 179 Å². The molecule has 0 aliphatic heterocycles. The van der Waals surface area contributed by atoms with Gasteiger partial charge < -0.3 is 0 Å². The molecule has 0 saturated heterocycles. The van der Waals surface area contributed by atoms with Gasteiger partial charge in [-0.3, -0.25) is 0 Å². The Labute approximate surface area is 179 Å². The molecule has 0 fully saturated rings. The van der Waals surface area contributed by atoms with E-state index < -0.39 is 7.26 Å². The van der Waals surface area contributed by atoms with Crippen molar-refractivity contribution in [2.75, 3.05) is 14.2 Å². The molecule has 3 heteroatoms. The molecule has 29 heavy (non-hydrogen) atoms. The number of ether oxygens (including phenoxy) is 2. The first-order valence-electron chi connectivity index (χ1n) is 11.4. The third kappa shape index (κ3) is 5.91. The minimum absolute atomic E-state index is 0.199. The van der Waals surface area contributed by atoms with Gasteiger partial charge in [0.25, 0.3) is 0 Å². The Morgan fingerprint density at radius 1 is 0.621 bits per heavy atom. The molecule has 2 aromatic carbocycles. The molecule has 2 unspecified atom stereocenters. The second-order valence-electron chi connectivity index (χ2n) is 8.04. The zero-order valence-corrected chi connectivity index (χ0v) is 19.9. The van der Waals surface area contributed by atoms with E-state index in [0.717, 1.165) is 12.8 Å². The molecule has 2 rings (SSSR count). The minimum atomic E-state index is -2.35. The van der Waals surface area contributed by atoms with Gasteiger partial charge in [-0.05, 0) is 0 Å². The van der Waals surface area contributed by atoms with Crippen molar-refractivity contribution < 1.29 is 9.47 Å². The van der Waals surface area contributed by atoms with E-state index in [0.29, 0.717) is 0 Å². The van der Waals surface area contributed by atoms with Crippen LogP contribution in [0.25, 0.3) is 0 Å². The summed E-state index contributed by atoms with van der Waals surface area (Å²) in [6, 6.07) is 22.2. The number of benzene rings is 2. The van der Waals surface area contributed by atoms with Crippen LogP contribution in [0, 0.1) is 0 Å². The van der Waals surface area contributed by atoms with Gasteiger partial charge in [0.1, 0.15) is 0 Å². The van der Waals surface area contributed by atoms with E-state index >= 15 is 0 Å². The molecule has 2 atom stereocenters. The quantitative estimate of drug-likeness (QED) is 0.259. The number of hydrogen-bond acceptors (Lipinski definition) is 2. The Morgan fingerprint density at radius 3 is 1.31 bits per heavy atom. The van der Waals surface area contributed by atoms with Crippen LogP contribution in [0.5, 0.6) is 0 Å². The van der Waals surface area contributed by atoms with Crippen molar-refractivity contribution in [2.24, 2.45) is 0 Å². The topological polar surface area (TPSA) is 18.5 Å². The van der Waals surface area contributed by atoms with Gasteiger partial charge in [-0.15, -0.1) is 0 Å². The normalized spacial score (nSPS) is 14.5. The molecule has 0 heterocycles. The molecule has 0 aliphatic rings. The number of unbranched alkanes of at least 4 members (excludes halogenated alkanes) is 4. The van der Waals surface area contributed by atoms with Crippen LogP contribution in [0.1, 0.15) is 65.2 Å². The molecule has 0 bridgehead atoms. The first-order valence-corrected chi connectivity index (χ1v) is 13.6. The van der Waals surface area contributed by atoms with E-state index in [-0.39, 0.29) is 11.7 Å². The number of methoxy groups -OCH3 is 2. The molecule has 0 amide bonds. The summed E-state index contributed by atoms with van der Waals surface area (Å²) in [7, 11) is 1.46. The number of rotatable bonds is 14. The fraction of sp³-hybridized carbons (Fsp3) is 0.538. The third-order valence-electron chi connectivity index (χ3n) is 6.23. The second-order valence-corrected chi connectivity index (χ2v) is 12.2. The van der Waals surface area contributed by atoms with Crippen LogP contribution in [0.15, 0.2) is 60.7 Å². The zero-order valence-electron chi connectivity index (χ0n) is 18.9. The fourth-order valence-corrected chi connectivity index (χ4v) is 10.6. The maximum atomic E-state index is 6.34. The van der Waals surface area contributed by atoms with Crippen LogP contribution >= 0.6 is 7.26 Å². The Bertz CT molecular complexity index is 599. The van der Waals surface area contributed by atoms with Crippen LogP contribution < -0.4 is 10.6 Å². The van der Waals surface area contributed by atoms with Crippen molar-refractivity contribution in [3.8, 4) is 0 Å². The van der Waals surface area contributed by atoms with Gasteiger partial charge in [-0.2, -0.15) is 0 Å². The maximum absolute atomic E-state index is 6.34. The summed E-state index contributed by atoms with van der Waals surface area (Å²) in [6.45, 7) is 4.53. The van der Waals surface area contributed by atoms with E-state index in [1.165, 1.54) is 49.1 Å². The molecule has 0 aliphatic carbocycles. The molecule has 0 radical (unpaired) electrons. The SMILES string of the molecule is CCCCCC(OC)[PH](c1ccccc1)(c1ccccc1)C(CCCCC)OC. The Kier molecular flexibility index (Phi) is 10.9. The van der Waals surface area contributed by atoms with Crippen LogP contribution in [0.2, 0.25) is 0 Å². The summed E-state index contributed by atoms with van der Waals surface area (Å²) in [5.74, 6) is 0.399. The molecule has 0 spiro atoms. The average Bonchev–Trinajstić information content (AvgIpc) is 2.78. The van der Waals surface area contributed by atoms with Gasteiger partial charge in [0.05, 0.1) is 0 Å². The van der Waals surface area contributed by atoms with Gasteiger partial charge in [0.2, 0.25) is 0 Å². The average molecular weight is 417 g/mol. The first-order chi connectivity index (χ1) is 14.2. The van der Waals surface area contributed by atoms with Crippen molar-refractivity contribution >= 4 is 17.9 Å². The summed E-state index contributed by atoms with van der Waals surface area (Å²) >= 11 is 0. The Morgan fingerprint density at radius 2 is 1.00 bits per heavy atom. The molecule has 162 valence electrons. The predicted octanol–water partition coefficient (Wildman–Crippen LogP) is 6.49. The summed E-state index contributed by atoms with van der Waals surface area (Å²) in [4.78, 5) is 0. The number of hydrogen-bond donors (Lipinski definition) is 0. The second kappa shape index (κ2) is 13.2. The molecule has 0 saturated carbocycles. The van der Waals surface area contributed by atoms with Gasteiger partial charge in [-0.25, -0.2) is 0 Å². The van der Waals surface area contributed by atoms with Crippen molar-refractivity contribution in [1.29, 1.82) is 0 Å². The van der Waals surface area contributed by atoms with Gasteiger partial charge in [0, 0.05) is 0 Å². The van der Waals surface area contributed by atoms with Gasteiger partial charge in [-0.1, -0.05) is 0 Å². The third-order valence-corrected chi connectivity index (χ3v) is 11.9. The summed E-state index contributed by atoms with van der Waals surface area (Å²) < 4.78 is 12.7. The summed E-state index contributed by atoms with van der Waals surface area (Å²) in [6.07, 6.45) is 9.55. The summed E-state index contributed by atoms with van der Waals surface area (Å²) in [5.41, 5.74) is 0. The predicted molar refractivity (Wildman–Crippen MR) is 130 cm³/mol. The Hall–Kier alpha value is -1.21. The van der Waals surface area contributed by atoms with Gasteiger partial charge in [0.15, 0.2) is 0 Å². The van der Waals surface area contributed by atoms with Crippen LogP contribution in [-0.4, -0.2) is 25.9 Å². The first kappa shape index (κ1) is 24.1. The van der Waals surface area contributed by atoms with E-state index in [9.17, 15) is 0 Å². The van der Waals surface area contributed by atoms with Crippen molar-refractivity contribution in [3.05, 3.63) is 60.7 Å². The van der Waals surface area contributed by atoms with Crippen LogP contribution in [0.4, 0.5) is 0 Å². The van der Waals surface area contributed by atoms with E-state index in [1.807, 2.05) is 14.2 Å². The van der Waals surface area contributed by atoms with Crippen molar-refractivity contribution in [3.63, 3.8) is 0 Å². The van der Waals surface area contributed by atoms with Crippen LogP contribution in [0.3, 0.4) is 0 Å². The molecule has 0 N–H and O–H groups in total. The fourth-order valence-electron chi connectivity index (χ4n) is 4.77. The monoisotopic (exact) mass is 416 g/mol. The zero-order chi connectivity index (χ0) is 21.0. The molecular formula is C26H41O2P. The van der Waals surface area contributed by atoms with Crippen molar-refractivity contribution in [2.45, 2.75) is 76.9 Å². The van der Waals surface area contributed by atoms with Crippen molar-refractivity contribution in [1.82, 2.24) is 0 Å². The van der Waals surface area contributed by atoms with E-state index in [4.69, 9.17) is 9.47 Å².